The predicted octanol–water partition coefficient (Wildman–Crippen LogP) is 0.935. The summed E-state index contributed by atoms with van der Waals surface area (Å²) in [6.45, 7) is 6.01. The van der Waals surface area contributed by atoms with Gasteiger partial charge in [-0.05, 0) is 18.8 Å². The summed E-state index contributed by atoms with van der Waals surface area (Å²) in [6, 6.07) is 0.479. The first-order valence-corrected chi connectivity index (χ1v) is 8.09. The van der Waals surface area contributed by atoms with E-state index < -0.39 is 10.8 Å². The molecule has 0 spiro atoms. The van der Waals surface area contributed by atoms with Crippen molar-refractivity contribution in [3.05, 3.63) is 12.2 Å². The Morgan fingerprint density at radius 1 is 1.50 bits per heavy atom. The van der Waals surface area contributed by atoms with Crippen molar-refractivity contribution in [1.82, 2.24) is 20.1 Å². The maximum Gasteiger partial charge on any atom is 0.140 e. The Balaban J connectivity index is 1.82. The molecule has 0 radical (unpaired) electrons. The summed E-state index contributed by atoms with van der Waals surface area (Å²) in [7, 11) is -0.587. The highest BCUT2D eigenvalue weighted by Crippen LogP contribution is 2.10. The molecule has 2 heterocycles. The fraction of sp³-hybridized carbons (Fsp3) is 0.833. The van der Waals surface area contributed by atoms with Crippen LogP contribution in [0.5, 0.6) is 0 Å². The average molecular weight is 270 g/mol. The van der Waals surface area contributed by atoms with Crippen LogP contribution in [0.2, 0.25) is 0 Å². The zero-order chi connectivity index (χ0) is 13.0. The Labute approximate surface area is 111 Å². The molecule has 1 aromatic heterocycles. The highest BCUT2D eigenvalue weighted by atomic mass is 32.2. The van der Waals surface area contributed by atoms with E-state index in [2.05, 4.69) is 29.2 Å². The van der Waals surface area contributed by atoms with Gasteiger partial charge in [-0.25, -0.2) is 9.67 Å². The normalized spacial score (nSPS) is 24.6. The summed E-state index contributed by atoms with van der Waals surface area (Å²) >= 11 is 0. The number of hydrogen-bond donors (Lipinski definition) is 1. The second kappa shape index (κ2) is 6.43. The van der Waals surface area contributed by atoms with E-state index in [1.165, 1.54) is 0 Å². The largest absolute Gasteiger partial charge is 0.307 e. The number of hydrogen-bond acceptors (Lipinski definition) is 4. The van der Waals surface area contributed by atoms with Crippen molar-refractivity contribution in [2.75, 3.05) is 11.5 Å². The second-order valence-corrected chi connectivity index (χ2v) is 6.95. The van der Waals surface area contributed by atoms with Gasteiger partial charge in [0.2, 0.25) is 0 Å². The van der Waals surface area contributed by atoms with Gasteiger partial charge in [0, 0.05) is 34.9 Å². The molecule has 1 saturated heterocycles. The molecular formula is C12H22N4OS. The fourth-order valence-electron chi connectivity index (χ4n) is 2.16. The molecule has 1 fully saturated rings. The number of rotatable bonds is 5. The molecule has 0 amide bonds. The van der Waals surface area contributed by atoms with Crippen LogP contribution < -0.4 is 5.32 Å². The molecule has 0 aromatic carbocycles. The summed E-state index contributed by atoms with van der Waals surface area (Å²) in [5.74, 6) is 3.23. The van der Waals surface area contributed by atoms with Crippen molar-refractivity contribution in [3.63, 3.8) is 0 Å². The molecule has 1 aliphatic heterocycles. The monoisotopic (exact) mass is 270 g/mol. The van der Waals surface area contributed by atoms with Crippen molar-refractivity contribution in [1.29, 1.82) is 0 Å². The maximum absolute atomic E-state index is 11.3. The minimum absolute atomic E-state index is 0.479. The Morgan fingerprint density at radius 2 is 2.22 bits per heavy atom. The van der Waals surface area contributed by atoms with Gasteiger partial charge in [0.15, 0.2) is 0 Å². The van der Waals surface area contributed by atoms with Crippen molar-refractivity contribution in [3.8, 4) is 0 Å². The van der Waals surface area contributed by atoms with Crippen molar-refractivity contribution in [2.24, 2.45) is 5.92 Å². The van der Waals surface area contributed by atoms with Crippen LogP contribution >= 0.6 is 0 Å². The molecular weight excluding hydrogens is 248 g/mol. The van der Waals surface area contributed by atoms with Gasteiger partial charge in [0.05, 0.1) is 6.54 Å². The molecule has 1 aromatic rings. The first-order valence-electron chi connectivity index (χ1n) is 6.60. The quantitative estimate of drug-likeness (QED) is 0.865. The molecule has 0 atom stereocenters. The predicted molar refractivity (Wildman–Crippen MR) is 72.6 cm³/mol. The zero-order valence-electron chi connectivity index (χ0n) is 11.1. The van der Waals surface area contributed by atoms with Crippen LogP contribution in [-0.4, -0.2) is 36.5 Å². The Morgan fingerprint density at radius 3 is 2.89 bits per heavy atom. The minimum atomic E-state index is -0.587. The van der Waals surface area contributed by atoms with Crippen LogP contribution in [0.1, 0.15) is 32.5 Å². The van der Waals surface area contributed by atoms with Crippen LogP contribution in [0, 0.1) is 5.92 Å². The third-order valence-electron chi connectivity index (χ3n) is 3.17. The van der Waals surface area contributed by atoms with E-state index >= 15 is 0 Å². The second-order valence-electron chi connectivity index (χ2n) is 5.26. The van der Waals surface area contributed by atoms with Crippen LogP contribution in [0.3, 0.4) is 0 Å². The third-order valence-corrected chi connectivity index (χ3v) is 4.55. The van der Waals surface area contributed by atoms with Crippen molar-refractivity contribution >= 4 is 10.8 Å². The van der Waals surface area contributed by atoms with E-state index in [1.807, 2.05) is 4.68 Å². The lowest BCUT2D eigenvalue weighted by molar-refractivity contribution is 0.429. The number of nitrogens with one attached hydrogen (secondary N) is 1. The lowest BCUT2D eigenvalue weighted by Crippen LogP contribution is -2.36. The van der Waals surface area contributed by atoms with Gasteiger partial charge < -0.3 is 5.32 Å². The molecule has 0 saturated carbocycles. The summed E-state index contributed by atoms with van der Waals surface area (Å²) in [5.41, 5.74) is 0. The van der Waals surface area contributed by atoms with E-state index in [0.717, 1.165) is 43.3 Å². The molecule has 5 nitrogen and oxygen atoms in total. The Hall–Kier alpha value is -0.750. The van der Waals surface area contributed by atoms with Crippen molar-refractivity contribution < 1.29 is 4.21 Å². The first-order chi connectivity index (χ1) is 8.65. The maximum atomic E-state index is 11.3. The molecule has 0 bridgehead atoms. The molecule has 102 valence electrons. The molecule has 18 heavy (non-hydrogen) atoms. The van der Waals surface area contributed by atoms with Gasteiger partial charge in [-0.15, -0.1) is 0 Å². The molecule has 0 aliphatic carbocycles. The highest BCUT2D eigenvalue weighted by Gasteiger charge is 2.17. The van der Waals surface area contributed by atoms with E-state index in [1.54, 1.807) is 6.33 Å². The standard InChI is InChI=1S/C12H22N4OS/c1-10(2)8-16-12(14-9-15-16)7-13-11-3-5-18(17)6-4-11/h9-11,13H,3-8H2,1-2H3. The fourth-order valence-corrected chi connectivity index (χ4v) is 3.46. The van der Waals surface area contributed by atoms with Crippen LogP contribution in [0.25, 0.3) is 0 Å². The lowest BCUT2D eigenvalue weighted by Gasteiger charge is -2.22. The average Bonchev–Trinajstić information content (AvgIpc) is 2.75. The summed E-state index contributed by atoms with van der Waals surface area (Å²) in [4.78, 5) is 4.30. The molecule has 6 heteroatoms. The number of aromatic nitrogens is 3. The smallest absolute Gasteiger partial charge is 0.140 e. The van der Waals surface area contributed by atoms with Gasteiger partial charge in [-0.2, -0.15) is 5.10 Å². The van der Waals surface area contributed by atoms with Gasteiger partial charge in [-0.3, -0.25) is 4.21 Å². The molecule has 0 unspecified atom stereocenters. The molecule has 2 rings (SSSR count). The van der Waals surface area contributed by atoms with Crippen LogP contribution in [0.15, 0.2) is 6.33 Å². The zero-order valence-corrected chi connectivity index (χ0v) is 11.9. The van der Waals surface area contributed by atoms with Crippen LogP contribution in [-0.2, 0) is 23.9 Å². The van der Waals surface area contributed by atoms with Gasteiger partial charge >= 0.3 is 0 Å². The van der Waals surface area contributed by atoms with E-state index in [4.69, 9.17) is 0 Å². The van der Waals surface area contributed by atoms with Gasteiger partial charge in [-0.1, -0.05) is 13.8 Å². The SMILES string of the molecule is CC(C)Cn1ncnc1CNC1CCS(=O)CC1. The lowest BCUT2D eigenvalue weighted by atomic mass is 10.1. The summed E-state index contributed by atoms with van der Waals surface area (Å²) in [6.07, 6.45) is 3.63. The van der Waals surface area contributed by atoms with E-state index in [0.29, 0.717) is 12.0 Å². The third kappa shape index (κ3) is 3.88. The Kier molecular flexibility index (Phi) is 4.88. The van der Waals surface area contributed by atoms with Crippen molar-refractivity contribution in [2.45, 2.75) is 45.8 Å². The van der Waals surface area contributed by atoms with E-state index in [9.17, 15) is 4.21 Å². The van der Waals surface area contributed by atoms with Gasteiger partial charge in [0.1, 0.15) is 12.2 Å². The summed E-state index contributed by atoms with van der Waals surface area (Å²) in [5, 5.41) is 7.75. The molecule has 1 N–H and O–H groups in total. The summed E-state index contributed by atoms with van der Waals surface area (Å²) < 4.78 is 13.2. The Bertz CT molecular complexity index is 395. The molecule has 1 aliphatic rings. The number of nitrogens with zero attached hydrogens (tertiary/aromatic N) is 3. The first kappa shape index (κ1) is 13.7. The van der Waals surface area contributed by atoms with Gasteiger partial charge in [0.25, 0.3) is 0 Å². The topological polar surface area (TPSA) is 59.8 Å². The van der Waals surface area contributed by atoms with Crippen LogP contribution in [0.4, 0.5) is 0 Å². The highest BCUT2D eigenvalue weighted by molar-refractivity contribution is 7.85. The minimum Gasteiger partial charge on any atom is -0.307 e. The van der Waals surface area contributed by atoms with E-state index in [-0.39, 0.29) is 0 Å².